The van der Waals surface area contributed by atoms with E-state index in [1.807, 2.05) is 6.08 Å². The summed E-state index contributed by atoms with van der Waals surface area (Å²) in [6, 6.07) is -1.04. The molecule has 1 saturated heterocycles. The van der Waals surface area contributed by atoms with Crippen LogP contribution in [0.3, 0.4) is 0 Å². The number of unbranched alkanes of at least 4 members (excludes halogenated alkanes) is 25. The molecule has 0 aromatic carbocycles. The first kappa shape index (κ1) is 68.1. The van der Waals surface area contributed by atoms with Crippen molar-refractivity contribution in [2.45, 2.75) is 294 Å². The van der Waals surface area contributed by atoms with Crippen LogP contribution >= 0.6 is 0 Å². The Morgan fingerprint density at radius 3 is 1.48 bits per heavy atom. The first-order valence-electron chi connectivity index (χ1n) is 29.7. The summed E-state index contributed by atoms with van der Waals surface area (Å²) in [5.41, 5.74) is 0. The molecule has 73 heavy (non-hydrogen) atoms. The molecule has 1 amide bonds. The SMILES string of the molecule is CC/C=C\C/C=C\C/C=C\C/C=C\C/C=C\CCCCC(O)C(=O)NC(COC1OC(CO)C(O)C(O)C1OC(=O)CCCCCCCCCCCCCCCC)C(O)/C=C/CCCCCCCCCCCC. The van der Waals surface area contributed by atoms with Gasteiger partial charge in [-0.2, -0.15) is 0 Å². The molecule has 8 atom stereocenters. The standard InChI is InChI=1S/C62H109NO10/c1-4-7-10-13-16-19-22-25-27-28-29-30-31-34-37-40-43-46-49-55(66)61(70)63-53(54(65)48-45-42-39-36-33-24-21-18-15-12-9-6-3)52-71-62-60(59(69)58(68)56(51-64)72-62)73-57(67)50-47-44-41-38-35-32-26-23-20-17-14-11-8-5-2/h7,10,16,19,25,27,29-30,34,37,45,48,53-56,58-60,62,64-66,68-69H,4-6,8-9,11-15,17-18,20-24,26,28,31-33,35-36,38-44,46-47,49-52H2,1-3H3,(H,63,70)/b10-7-,19-16-,27-25-,30-29-,37-34-,48-45+. The highest BCUT2D eigenvalue weighted by Crippen LogP contribution is 2.26. The Hall–Kier alpha value is -2.90. The zero-order valence-corrected chi connectivity index (χ0v) is 46.5. The normalized spacial score (nSPS) is 19.9. The van der Waals surface area contributed by atoms with E-state index in [-0.39, 0.29) is 19.4 Å². The number of amides is 1. The lowest BCUT2D eigenvalue weighted by Gasteiger charge is -2.41. The Labute approximate surface area is 445 Å². The molecule has 1 aliphatic heterocycles. The van der Waals surface area contributed by atoms with E-state index in [0.29, 0.717) is 12.8 Å². The van der Waals surface area contributed by atoms with E-state index in [4.69, 9.17) is 14.2 Å². The summed E-state index contributed by atoms with van der Waals surface area (Å²) in [6.45, 7) is 5.64. The number of rotatable bonds is 49. The fourth-order valence-electron chi connectivity index (χ4n) is 8.91. The largest absolute Gasteiger partial charge is 0.454 e. The summed E-state index contributed by atoms with van der Waals surface area (Å²) in [7, 11) is 0. The summed E-state index contributed by atoms with van der Waals surface area (Å²) in [6.07, 6.45) is 52.3. The molecule has 0 aliphatic carbocycles. The van der Waals surface area contributed by atoms with E-state index in [1.54, 1.807) is 6.08 Å². The lowest BCUT2D eigenvalue weighted by Crippen LogP contribution is -2.61. The molecule has 1 aliphatic rings. The Kier molecular flexibility index (Phi) is 46.6. The molecule has 6 N–H and O–H groups in total. The van der Waals surface area contributed by atoms with Gasteiger partial charge in [0, 0.05) is 6.42 Å². The van der Waals surface area contributed by atoms with Crippen molar-refractivity contribution in [3.63, 3.8) is 0 Å². The van der Waals surface area contributed by atoms with Crippen LogP contribution < -0.4 is 5.32 Å². The highest BCUT2D eigenvalue weighted by atomic mass is 16.7. The molecule has 1 fully saturated rings. The van der Waals surface area contributed by atoms with Crippen LogP contribution in [0, 0.1) is 0 Å². The van der Waals surface area contributed by atoms with E-state index < -0.39 is 67.4 Å². The van der Waals surface area contributed by atoms with Crippen LogP contribution in [0.25, 0.3) is 0 Å². The number of carbonyl (C=O) groups excluding carboxylic acids is 2. The maximum Gasteiger partial charge on any atom is 0.306 e. The molecule has 0 saturated carbocycles. The number of ether oxygens (including phenoxy) is 3. The lowest BCUT2D eigenvalue weighted by atomic mass is 9.99. The summed E-state index contributed by atoms with van der Waals surface area (Å²) in [4.78, 5) is 26.5. The van der Waals surface area contributed by atoms with Crippen LogP contribution in [0.4, 0.5) is 0 Å². The van der Waals surface area contributed by atoms with Gasteiger partial charge in [-0.15, -0.1) is 0 Å². The smallest absolute Gasteiger partial charge is 0.306 e. The van der Waals surface area contributed by atoms with Crippen LogP contribution in [0.2, 0.25) is 0 Å². The maximum absolute atomic E-state index is 13.4. The van der Waals surface area contributed by atoms with Crippen LogP contribution in [0.15, 0.2) is 72.9 Å². The number of hydrogen-bond donors (Lipinski definition) is 6. The Balaban J connectivity index is 2.74. The summed E-state index contributed by atoms with van der Waals surface area (Å²) >= 11 is 0. The van der Waals surface area contributed by atoms with Crippen molar-refractivity contribution < 1.29 is 49.3 Å². The van der Waals surface area contributed by atoms with Crippen molar-refractivity contribution in [3.8, 4) is 0 Å². The molecule has 0 spiro atoms. The van der Waals surface area contributed by atoms with E-state index in [1.165, 1.54) is 116 Å². The molecule has 0 radical (unpaired) electrons. The van der Waals surface area contributed by atoms with Crippen molar-refractivity contribution in [2.24, 2.45) is 0 Å². The van der Waals surface area contributed by atoms with E-state index >= 15 is 0 Å². The summed E-state index contributed by atoms with van der Waals surface area (Å²) in [5, 5.41) is 56.8. The third kappa shape index (κ3) is 38.3. The topological polar surface area (TPSA) is 175 Å². The minimum atomic E-state index is -1.62. The quantitative estimate of drug-likeness (QED) is 0.0195. The van der Waals surface area contributed by atoms with Gasteiger partial charge >= 0.3 is 5.97 Å². The number of esters is 1. The van der Waals surface area contributed by atoms with Gasteiger partial charge < -0.3 is 45.1 Å². The zero-order valence-electron chi connectivity index (χ0n) is 46.5. The van der Waals surface area contributed by atoms with Gasteiger partial charge in [0.15, 0.2) is 12.4 Å². The third-order valence-corrected chi connectivity index (χ3v) is 13.6. The molecule has 11 heteroatoms. The Morgan fingerprint density at radius 2 is 0.986 bits per heavy atom. The van der Waals surface area contributed by atoms with Crippen molar-refractivity contribution in [3.05, 3.63) is 72.9 Å². The third-order valence-electron chi connectivity index (χ3n) is 13.6. The number of nitrogens with one attached hydrogen (secondary N) is 1. The Bertz CT molecular complexity index is 1460. The van der Waals surface area contributed by atoms with Crippen LogP contribution in [-0.2, 0) is 23.8 Å². The second-order valence-corrected chi connectivity index (χ2v) is 20.4. The van der Waals surface area contributed by atoms with Crippen molar-refractivity contribution in [1.29, 1.82) is 0 Å². The van der Waals surface area contributed by atoms with E-state index in [2.05, 4.69) is 86.8 Å². The average Bonchev–Trinajstić information content (AvgIpc) is 3.39. The molecule has 0 aromatic heterocycles. The van der Waals surface area contributed by atoms with Crippen molar-refractivity contribution >= 4 is 11.9 Å². The van der Waals surface area contributed by atoms with Crippen molar-refractivity contribution in [1.82, 2.24) is 5.32 Å². The van der Waals surface area contributed by atoms with Gasteiger partial charge in [-0.05, 0) is 70.6 Å². The van der Waals surface area contributed by atoms with Gasteiger partial charge in [-0.3, -0.25) is 9.59 Å². The number of aliphatic hydroxyl groups excluding tert-OH is 5. The van der Waals surface area contributed by atoms with Gasteiger partial charge in [0.1, 0.15) is 24.4 Å². The van der Waals surface area contributed by atoms with Gasteiger partial charge in [0.25, 0.3) is 0 Å². The van der Waals surface area contributed by atoms with Crippen LogP contribution in [-0.4, -0.2) is 99.6 Å². The van der Waals surface area contributed by atoms with Gasteiger partial charge in [-0.1, -0.05) is 241 Å². The molecular weight excluding hydrogens is 919 g/mol. The minimum absolute atomic E-state index is 0.120. The first-order chi connectivity index (χ1) is 35.7. The van der Waals surface area contributed by atoms with E-state index in [0.717, 1.165) is 83.5 Å². The monoisotopic (exact) mass is 1030 g/mol. The van der Waals surface area contributed by atoms with Gasteiger partial charge in [0.05, 0.1) is 25.4 Å². The highest BCUT2D eigenvalue weighted by molar-refractivity contribution is 5.80. The predicted octanol–water partition coefficient (Wildman–Crippen LogP) is 13.6. The maximum atomic E-state index is 13.4. The fraction of sp³-hybridized carbons (Fsp3) is 0.774. The van der Waals surface area contributed by atoms with Crippen LogP contribution in [0.5, 0.6) is 0 Å². The predicted molar refractivity (Wildman–Crippen MR) is 301 cm³/mol. The molecule has 1 rings (SSSR count). The van der Waals surface area contributed by atoms with E-state index in [9.17, 15) is 35.1 Å². The summed E-state index contributed by atoms with van der Waals surface area (Å²) < 4.78 is 17.6. The second-order valence-electron chi connectivity index (χ2n) is 20.4. The average molecular weight is 1030 g/mol. The number of hydrogen-bond acceptors (Lipinski definition) is 10. The number of allylic oxidation sites excluding steroid dienone is 11. The zero-order chi connectivity index (χ0) is 53.3. The molecule has 0 aromatic rings. The highest BCUT2D eigenvalue weighted by Gasteiger charge is 2.47. The molecule has 1 heterocycles. The molecule has 0 bridgehead atoms. The lowest BCUT2D eigenvalue weighted by molar-refractivity contribution is -0.305. The second kappa shape index (κ2) is 49.9. The number of carbonyl (C=O) groups is 2. The molecular formula is C62H109NO10. The fourth-order valence-corrected chi connectivity index (χ4v) is 8.91. The minimum Gasteiger partial charge on any atom is -0.454 e. The number of aliphatic hydroxyl groups is 5. The summed E-state index contributed by atoms with van der Waals surface area (Å²) in [5.74, 6) is -1.23. The van der Waals surface area contributed by atoms with Gasteiger partial charge in [0.2, 0.25) is 5.91 Å². The molecule has 8 unspecified atom stereocenters. The van der Waals surface area contributed by atoms with Gasteiger partial charge in [-0.25, -0.2) is 0 Å². The van der Waals surface area contributed by atoms with Crippen molar-refractivity contribution in [2.75, 3.05) is 13.2 Å². The molecule has 422 valence electrons. The first-order valence-corrected chi connectivity index (χ1v) is 29.7. The van der Waals surface area contributed by atoms with Crippen LogP contribution in [0.1, 0.15) is 245 Å². The Morgan fingerprint density at radius 1 is 0.548 bits per heavy atom. The molecule has 11 nitrogen and oxygen atoms in total.